The normalized spacial score (nSPS) is 10.6. The second-order valence-corrected chi connectivity index (χ2v) is 6.13. The fourth-order valence-corrected chi connectivity index (χ4v) is 2.48. The number of aromatic nitrogens is 2. The summed E-state index contributed by atoms with van der Waals surface area (Å²) in [5.41, 5.74) is 2.79. The van der Waals surface area contributed by atoms with E-state index in [4.69, 9.17) is 0 Å². The van der Waals surface area contributed by atoms with E-state index in [1.807, 2.05) is 25.1 Å². The van der Waals surface area contributed by atoms with Gasteiger partial charge in [0.05, 0.1) is 5.56 Å². The molecule has 0 atom stereocenters. The van der Waals surface area contributed by atoms with Crippen LogP contribution >= 0.6 is 11.8 Å². The van der Waals surface area contributed by atoms with Crippen LogP contribution in [0.2, 0.25) is 0 Å². The summed E-state index contributed by atoms with van der Waals surface area (Å²) in [5.74, 6) is 0. The summed E-state index contributed by atoms with van der Waals surface area (Å²) in [4.78, 5) is 9.41. The Balaban J connectivity index is 2.16. The Kier molecular flexibility index (Phi) is 5.32. The van der Waals surface area contributed by atoms with E-state index in [1.165, 1.54) is 11.8 Å². The second kappa shape index (κ2) is 7.21. The smallest absolute Gasteiger partial charge is 0.192 e. The van der Waals surface area contributed by atoms with Gasteiger partial charge in [0.15, 0.2) is 5.16 Å². The van der Waals surface area contributed by atoms with Gasteiger partial charge in [0.1, 0.15) is 6.07 Å². The lowest BCUT2D eigenvalue weighted by atomic mass is 10.1. The molecular formula is C16H18N4S. The van der Waals surface area contributed by atoms with Crippen molar-refractivity contribution in [2.75, 3.05) is 0 Å². The molecule has 4 nitrogen and oxygen atoms in total. The van der Waals surface area contributed by atoms with Gasteiger partial charge in [-0.2, -0.15) is 5.26 Å². The molecule has 0 aliphatic rings. The summed E-state index contributed by atoms with van der Waals surface area (Å²) >= 11 is 1.42. The number of nitrogens with one attached hydrogen (secondary N) is 1. The minimum atomic E-state index is 0.422. The Morgan fingerprint density at radius 3 is 2.62 bits per heavy atom. The van der Waals surface area contributed by atoms with E-state index in [-0.39, 0.29) is 0 Å². The number of rotatable bonds is 5. The molecule has 0 fully saturated rings. The molecule has 108 valence electrons. The van der Waals surface area contributed by atoms with Gasteiger partial charge >= 0.3 is 0 Å². The average molecular weight is 298 g/mol. The molecule has 0 saturated heterocycles. The molecule has 0 unspecified atom stereocenters. The number of nitriles is 1. The third-order valence-corrected chi connectivity index (χ3v) is 3.81. The number of aryl methyl sites for hydroxylation is 1. The third-order valence-electron chi connectivity index (χ3n) is 2.84. The maximum Gasteiger partial charge on any atom is 0.192 e. The fourth-order valence-electron chi connectivity index (χ4n) is 1.72. The van der Waals surface area contributed by atoms with Crippen LogP contribution < -0.4 is 5.32 Å². The maximum atomic E-state index is 9.32. The number of benzene rings is 1. The quantitative estimate of drug-likeness (QED) is 0.858. The van der Waals surface area contributed by atoms with Gasteiger partial charge in [-0.15, -0.1) is 0 Å². The predicted molar refractivity (Wildman–Crippen MR) is 84.0 cm³/mol. The summed E-state index contributed by atoms with van der Waals surface area (Å²) in [6, 6.07) is 8.59. The topological polar surface area (TPSA) is 61.6 Å². The first-order valence-corrected chi connectivity index (χ1v) is 7.63. The molecule has 0 bridgehead atoms. The highest BCUT2D eigenvalue weighted by Crippen LogP contribution is 2.28. The minimum absolute atomic E-state index is 0.422. The van der Waals surface area contributed by atoms with Crippen LogP contribution in [0.3, 0.4) is 0 Å². The SMILES string of the molecule is Cc1cnc(Sc2ccc(CNC(C)C)cc2C#N)nc1. The largest absolute Gasteiger partial charge is 0.310 e. The van der Waals surface area contributed by atoms with E-state index in [0.717, 1.165) is 22.6 Å². The Hall–Kier alpha value is -1.90. The second-order valence-electron chi connectivity index (χ2n) is 5.12. The van der Waals surface area contributed by atoms with E-state index in [1.54, 1.807) is 12.4 Å². The molecule has 1 heterocycles. The third kappa shape index (κ3) is 4.55. The molecular weight excluding hydrogens is 280 g/mol. The molecule has 2 rings (SSSR count). The standard InChI is InChI=1S/C16H18N4S/c1-11(2)18-10-13-4-5-15(14(6-13)7-17)21-16-19-8-12(3)9-20-16/h4-6,8-9,11,18H,10H2,1-3H3. The molecule has 1 N–H and O–H groups in total. The highest BCUT2D eigenvalue weighted by molar-refractivity contribution is 7.99. The predicted octanol–water partition coefficient (Wildman–Crippen LogP) is 3.31. The Labute approximate surface area is 129 Å². The van der Waals surface area contributed by atoms with E-state index >= 15 is 0 Å². The van der Waals surface area contributed by atoms with Crippen molar-refractivity contribution in [3.63, 3.8) is 0 Å². The van der Waals surface area contributed by atoms with Gasteiger partial charge < -0.3 is 5.32 Å². The zero-order chi connectivity index (χ0) is 15.2. The van der Waals surface area contributed by atoms with Crippen molar-refractivity contribution >= 4 is 11.8 Å². The van der Waals surface area contributed by atoms with E-state index in [9.17, 15) is 5.26 Å². The van der Waals surface area contributed by atoms with Gasteiger partial charge in [0, 0.05) is 29.9 Å². The van der Waals surface area contributed by atoms with Gasteiger partial charge in [0.2, 0.25) is 0 Å². The van der Waals surface area contributed by atoms with Crippen molar-refractivity contribution in [1.29, 1.82) is 5.26 Å². The Morgan fingerprint density at radius 2 is 2.00 bits per heavy atom. The molecule has 21 heavy (non-hydrogen) atoms. The molecule has 0 aliphatic carbocycles. The monoisotopic (exact) mass is 298 g/mol. The highest BCUT2D eigenvalue weighted by atomic mass is 32.2. The van der Waals surface area contributed by atoms with Crippen molar-refractivity contribution in [3.8, 4) is 6.07 Å². The van der Waals surface area contributed by atoms with E-state index in [2.05, 4.69) is 35.2 Å². The van der Waals surface area contributed by atoms with Gasteiger partial charge in [-0.1, -0.05) is 19.9 Å². The molecule has 1 aromatic carbocycles. The van der Waals surface area contributed by atoms with Crippen LogP contribution in [-0.2, 0) is 6.54 Å². The van der Waals surface area contributed by atoms with Crippen molar-refractivity contribution in [2.24, 2.45) is 0 Å². The maximum absolute atomic E-state index is 9.32. The molecule has 0 saturated carbocycles. The van der Waals surface area contributed by atoms with Gasteiger partial charge in [-0.05, 0) is 41.9 Å². The molecule has 0 spiro atoms. The van der Waals surface area contributed by atoms with E-state index < -0.39 is 0 Å². The van der Waals surface area contributed by atoms with E-state index in [0.29, 0.717) is 16.8 Å². The average Bonchev–Trinajstić information content (AvgIpc) is 2.48. The molecule has 0 amide bonds. The van der Waals surface area contributed by atoms with Crippen LogP contribution in [0.5, 0.6) is 0 Å². The van der Waals surface area contributed by atoms with Crippen LogP contribution in [0, 0.1) is 18.3 Å². The van der Waals surface area contributed by atoms with Crippen LogP contribution in [0.1, 0.15) is 30.5 Å². The van der Waals surface area contributed by atoms with Crippen LogP contribution in [0.15, 0.2) is 40.6 Å². The van der Waals surface area contributed by atoms with Crippen molar-refractivity contribution in [2.45, 2.75) is 43.4 Å². The van der Waals surface area contributed by atoms with Crippen LogP contribution in [0.25, 0.3) is 0 Å². The first kappa shape index (κ1) is 15.5. The molecule has 0 aliphatic heterocycles. The molecule has 5 heteroatoms. The lowest BCUT2D eigenvalue weighted by Gasteiger charge is -2.09. The number of nitrogens with zero attached hydrogens (tertiary/aromatic N) is 3. The lowest BCUT2D eigenvalue weighted by molar-refractivity contribution is 0.588. The number of hydrogen-bond acceptors (Lipinski definition) is 5. The van der Waals surface area contributed by atoms with Gasteiger partial charge in [0.25, 0.3) is 0 Å². The lowest BCUT2D eigenvalue weighted by Crippen LogP contribution is -2.21. The fraction of sp³-hybridized carbons (Fsp3) is 0.312. The highest BCUT2D eigenvalue weighted by Gasteiger charge is 2.08. The van der Waals surface area contributed by atoms with Crippen LogP contribution in [-0.4, -0.2) is 16.0 Å². The van der Waals surface area contributed by atoms with Gasteiger partial charge in [-0.25, -0.2) is 9.97 Å². The molecule has 0 radical (unpaired) electrons. The van der Waals surface area contributed by atoms with Gasteiger partial charge in [-0.3, -0.25) is 0 Å². The summed E-state index contributed by atoms with van der Waals surface area (Å²) < 4.78 is 0. The van der Waals surface area contributed by atoms with Crippen LogP contribution in [0.4, 0.5) is 0 Å². The van der Waals surface area contributed by atoms with Crippen molar-refractivity contribution in [1.82, 2.24) is 15.3 Å². The summed E-state index contributed by atoms with van der Waals surface area (Å²) in [7, 11) is 0. The summed E-state index contributed by atoms with van der Waals surface area (Å²) in [6.07, 6.45) is 3.56. The zero-order valence-corrected chi connectivity index (χ0v) is 13.2. The Bertz CT molecular complexity index is 644. The molecule has 2 aromatic rings. The first-order chi connectivity index (χ1) is 10.1. The summed E-state index contributed by atoms with van der Waals surface area (Å²) in [5, 5.41) is 13.3. The number of hydrogen-bond donors (Lipinski definition) is 1. The Morgan fingerprint density at radius 1 is 1.29 bits per heavy atom. The van der Waals surface area contributed by atoms with Crippen molar-refractivity contribution < 1.29 is 0 Å². The summed E-state index contributed by atoms with van der Waals surface area (Å²) in [6.45, 7) is 6.91. The van der Waals surface area contributed by atoms with Crippen molar-refractivity contribution in [3.05, 3.63) is 47.3 Å². The minimum Gasteiger partial charge on any atom is -0.310 e. The molecule has 1 aromatic heterocycles. The zero-order valence-electron chi connectivity index (χ0n) is 12.4. The first-order valence-electron chi connectivity index (χ1n) is 6.81.